The molecule has 1 N–H and O–H groups in total. The highest BCUT2D eigenvalue weighted by Gasteiger charge is 2.45. The summed E-state index contributed by atoms with van der Waals surface area (Å²) in [5.41, 5.74) is 2.33. The Morgan fingerprint density at radius 3 is 2.52 bits per heavy atom. The maximum Gasteiger partial charge on any atom is 0.236 e. The number of benzene rings is 2. The van der Waals surface area contributed by atoms with E-state index in [4.69, 9.17) is 5.26 Å². The number of thioether (sulfide) groups is 1. The van der Waals surface area contributed by atoms with Gasteiger partial charge < -0.3 is 0 Å². The Morgan fingerprint density at radius 2 is 1.90 bits per heavy atom. The number of amides is 1. The van der Waals surface area contributed by atoms with E-state index in [9.17, 15) is 4.79 Å². The molecule has 1 saturated carbocycles. The van der Waals surface area contributed by atoms with Gasteiger partial charge >= 0.3 is 0 Å². The van der Waals surface area contributed by atoms with Crippen molar-refractivity contribution in [2.75, 3.05) is 5.32 Å². The molecule has 0 unspecified atom stereocenters. The zero-order valence-corrected chi connectivity index (χ0v) is 18.6. The van der Waals surface area contributed by atoms with Crippen LogP contribution >= 0.6 is 39.0 Å². The van der Waals surface area contributed by atoms with Crippen LogP contribution in [0, 0.1) is 11.3 Å². The molecule has 3 aromatic rings. The molecule has 1 aliphatic rings. The molecule has 0 atom stereocenters. The van der Waals surface area contributed by atoms with E-state index < -0.39 is 5.41 Å². The van der Waals surface area contributed by atoms with Gasteiger partial charge in [-0.25, -0.2) is 0 Å². The molecule has 0 saturated heterocycles. The van der Waals surface area contributed by atoms with Gasteiger partial charge in [0.25, 0.3) is 0 Å². The van der Waals surface area contributed by atoms with Crippen molar-refractivity contribution in [1.82, 2.24) is 10.2 Å². The summed E-state index contributed by atoms with van der Waals surface area (Å²) >= 11 is 6.40. The first-order chi connectivity index (χ1) is 14.1. The number of nitrogens with one attached hydrogen (secondary N) is 1. The summed E-state index contributed by atoms with van der Waals surface area (Å²) in [5.74, 6) is 0.725. The number of carbonyl (C=O) groups is 1. The molecule has 1 heterocycles. The van der Waals surface area contributed by atoms with Gasteiger partial charge in [-0.1, -0.05) is 69.7 Å². The third kappa shape index (κ3) is 4.37. The first kappa shape index (κ1) is 20.1. The molecule has 29 heavy (non-hydrogen) atoms. The van der Waals surface area contributed by atoms with Crippen LogP contribution in [-0.4, -0.2) is 16.1 Å². The zero-order valence-electron chi connectivity index (χ0n) is 15.4. The van der Waals surface area contributed by atoms with E-state index in [-0.39, 0.29) is 5.91 Å². The second-order valence-electron chi connectivity index (χ2n) is 6.87. The average molecular weight is 485 g/mol. The van der Waals surface area contributed by atoms with Crippen molar-refractivity contribution in [3.8, 4) is 6.07 Å². The number of hydrogen-bond acceptors (Lipinski definition) is 6. The molecule has 0 radical (unpaired) electrons. The summed E-state index contributed by atoms with van der Waals surface area (Å²) < 4.78 is 1.81. The maximum atomic E-state index is 13.0. The van der Waals surface area contributed by atoms with Crippen LogP contribution < -0.4 is 5.32 Å². The number of anilines is 1. The van der Waals surface area contributed by atoms with Crippen molar-refractivity contribution in [2.45, 2.75) is 34.8 Å². The number of carbonyl (C=O) groups excluding carboxylic acids is 1. The predicted octanol–water partition coefficient (Wildman–Crippen LogP) is 5.52. The normalized spacial score (nSPS) is 14.6. The topological polar surface area (TPSA) is 78.7 Å². The Labute approximate surface area is 185 Å². The minimum absolute atomic E-state index is 0.00846. The molecular weight excluding hydrogens is 468 g/mol. The van der Waals surface area contributed by atoms with Crippen LogP contribution in [0.4, 0.5) is 5.13 Å². The summed E-state index contributed by atoms with van der Waals surface area (Å²) in [6, 6.07) is 17.6. The Kier molecular flexibility index (Phi) is 5.99. The van der Waals surface area contributed by atoms with Gasteiger partial charge in [0.2, 0.25) is 11.0 Å². The molecule has 5 nitrogen and oxygen atoms in total. The molecule has 1 fully saturated rings. The Hall–Kier alpha value is -2.21. The van der Waals surface area contributed by atoms with E-state index >= 15 is 0 Å². The third-order valence-electron chi connectivity index (χ3n) is 5.11. The molecule has 0 aliphatic heterocycles. The quantitative estimate of drug-likeness (QED) is 0.367. The lowest BCUT2D eigenvalue weighted by Gasteiger charge is -2.40. The largest absolute Gasteiger partial charge is 0.300 e. The van der Waals surface area contributed by atoms with Crippen LogP contribution in [0.3, 0.4) is 0 Å². The molecule has 2 aromatic carbocycles. The number of rotatable bonds is 6. The highest BCUT2D eigenvalue weighted by molar-refractivity contribution is 9.10. The van der Waals surface area contributed by atoms with Gasteiger partial charge in [0.15, 0.2) is 4.34 Å². The number of hydrogen-bond donors (Lipinski definition) is 1. The predicted molar refractivity (Wildman–Crippen MR) is 119 cm³/mol. The lowest BCUT2D eigenvalue weighted by atomic mass is 9.64. The van der Waals surface area contributed by atoms with Crippen molar-refractivity contribution >= 4 is 50.1 Å². The van der Waals surface area contributed by atoms with Crippen molar-refractivity contribution in [1.29, 1.82) is 5.26 Å². The molecule has 1 aliphatic carbocycles. The van der Waals surface area contributed by atoms with E-state index in [1.165, 1.54) is 11.3 Å². The van der Waals surface area contributed by atoms with Crippen molar-refractivity contribution in [2.24, 2.45) is 0 Å². The van der Waals surface area contributed by atoms with Gasteiger partial charge in [0.05, 0.1) is 17.0 Å². The van der Waals surface area contributed by atoms with Gasteiger partial charge in [-0.15, -0.1) is 10.2 Å². The fourth-order valence-electron chi connectivity index (χ4n) is 3.30. The Balaban J connectivity index is 1.39. The SMILES string of the molecule is N#Cc1ccc(CSc2nnc(NC(=O)C3(c4ccc(Br)cc4)CCC3)s2)cc1. The van der Waals surface area contributed by atoms with Crippen molar-refractivity contribution in [3.05, 3.63) is 69.7 Å². The van der Waals surface area contributed by atoms with Gasteiger partial charge in [0, 0.05) is 10.2 Å². The van der Waals surface area contributed by atoms with Gasteiger partial charge in [-0.2, -0.15) is 5.26 Å². The fourth-order valence-corrected chi connectivity index (χ4v) is 5.27. The summed E-state index contributed by atoms with van der Waals surface area (Å²) in [6.45, 7) is 0. The molecule has 4 rings (SSSR count). The summed E-state index contributed by atoms with van der Waals surface area (Å²) in [6.07, 6.45) is 2.74. The molecule has 0 spiro atoms. The lowest BCUT2D eigenvalue weighted by Crippen LogP contribution is -2.45. The smallest absolute Gasteiger partial charge is 0.236 e. The molecular formula is C21H17BrN4OS2. The summed E-state index contributed by atoms with van der Waals surface area (Å²) in [5, 5.41) is 20.7. The van der Waals surface area contributed by atoms with Gasteiger partial charge in [0.1, 0.15) is 0 Å². The zero-order chi connectivity index (χ0) is 20.3. The molecule has 1 aromatic heterocycles. The second kappa shape index (κ2) is 8.66. The standard InChI is InChI=1S/C21H17BrN4OS2/c22-17-8-6-16(7-9-17)21(10-1-11-21)18(27)24-19-25-26-20(29-19)28-13-15-4-2-14(12-23)3-5-15/h2-9H,1,10-11,13H2,(H,24,25,27). The minimum atomic E-state index is -0.470. The second-order valence-corrected chi connectivity index (χ2v) is 9.98. The first-order valence-electron chi connectivity index (χ1n) is 9.12. The van der Waals surface area contributed by atoms with Crippen LogP contribution in [-0.2, 0) is 16.0 Å². The monoisotopic (exact) mass is 484 g/mol. The molecule has 1 amide bonds. The highest BCUT2D eigenvalue weighted by atomic mass is 79.9. The number of nitriles is 1. The average Bonchev–Trinajstić information content (AvgIpc) is 3.14. The van der Waals surface area contributed by atoms with Gasteiger partial charge in [-0.3, -0.25) is 10.1 Å². The summed E-state index contributed by atoms with van der Waals surface area (Å²) in [4.78, 5) is 13.0. The van der Waals surface area contributed by atoms with E-state index in [2.05, 4.69) is 37.5 Å². The molecule has 8 heteroatoms. The van der Waals surface area contributed by atoms with Gasteiger partial charge in [-0.05, 0) is 48.2 Å². The maximum absolute atomic E-state index is 13.0. The van der Waals surface area contributed by atoms with Crippen molar-refractivity contribution < 1.29 is 4.79 Å². The molecule has 146 valence electrons. The van der Waals surface area contributed by atoms with Crippen LogP contribution in [0.5, 0.6) is 0 Å². The number of nitrogens with zero attached hydrogens (tertiary/aromatic N) is 3. The molecule has 0 bridgehead atoms. The fraction of sp³-hybridized carbons (Fsp3) is 0.238. The van der Waals surface area contributed by atoms with E-state index in [1.807, 2.05) is 48.5 Å². The Morgan fingerprint density at radius 1 is 1.17 bits per heavy atom. The third-order valence-corrected chi connectivity index (χ3v) is 7.68. The summed E-state index contributed by atoms with van der Waals surface area (Å²) in [7, 11) is 0. The van der Waals surface area contributed by atoms with E-state index in [0.717, 1.165) is 45.0 Å². The first-order valence-corrected chi connectivity index (χ1v) is 11.7. The van der Waals surface area contributed by atoms with Crippen LogP contribution in [0.25, 0.3) is 0 Å². The highest BCUT2D eigenvalue weighted by Crippen LogP contribution is 2.45. The van der Waals surface area contributed by atoms with Crippen molar-refractivity contribution in [3.63, 3.8) is 0 Å². The lowest BCUT2D eigenvalue weighted by molar-refractivity contribution is -0.124. The van der Waals surface area contributed by atoms with E-state index in [0.29, 0.717) is 10.7 Å². The van der Waals surface area contributed by atoms with Crippen LogP contribution in [0.15, 0.2) is 57.3 Å². The minimum Gasteiger partial charge on any atom is -0.300 e. The van der Waals surface area contributed by atoms with Crippen LogP contribution in [0.2, 0.25) is 0 Å². The van der Waals surface area contributed by atoms with E-state index in [1.54, 1.807) is 11.8 Å². The number of aromatic nitrogens is 2. The van der Waals surface area contributed by atoms with Crippen LogP contribution in [0.1, 0.15) is 36.0 Å². The number of halogens is 1. The Bertz CT molecular complexity index is 1050.